The second-order valence-electron chi connectivity index (χ2n) is 9.82. The van der Waals surface area contributed by atoms with Crippen LogP contribution in [-0.2, 0) is 4.79 Å². The van der Waals surface area contributed by atoms with Gasteiger partial charge in [-0.25, -0.2) is 0 Å². The first kappa shape index (κ1) is 16.8. The van der Waals surface area contributed by atoms with Crippen molar-refractivity contribution >= 4 is 11.5 Å². The van der Waals surface area contributed by atoms with Crippen molar-refractivity contribution in [1.82, 2.24) is 0 Å². The third kappa shape index (κ3) is 2.06. The number of nitrogens with one attached hydrogen (secondary N) is 1. The molecule has 0 aromatic heterocycles. The summed E-state index contributed by atoms with van der Waals surface area (Å²) in [7, 11) is 0. The van der Waals surface area contributed by atoms with Gasteiger partial charge in [0, 0.05) is 12.3 Å². The number of aliphatic hydroxyl groups is 1. The molecule has 4 aliphatic carbocycles. The second kappa shape index (κ2) is 5.40. The van der Waals surface area contributed by atoms with Crippen molar-refractivity contribution in [2.24, 2.45) is 40.4 Å². The summed E-state index contributed by atoms with van der Waals surface area (Å²) in [5.41, 5.74) is 0.901. The molecule has 8 atom stereocenters. The van der Waals surface area contributed by atoms with E-state index < -0.39 is 0 Å². The van der Waals surface area contributed by atoms with Gasteiger partial charge >= 0.3 is 0 Å². The number of hydrogen-bond donors (Lipinski definition) is 2. The highest BCUT2D eigenvalue weighted by atomic mass is 16.3. The molecule has 2 N–H and O–H groups in total. The molecule has 3 heteroatoms. The first-order valence-corrected chi connectivity index (χ1v) is 10.1. The van der Waals surface area contributed by atoms with Crippen LogP contribution < -0.4 is 0 Å². The number of Topliss-reactive ketones (excluding diaryl/α,β-unsaturated/α-hetero) is 1. The average molecular weight is 332 g/mol. The van der Waals surface area contributed by atoms with E-state index in [1.807, 2.05) is 6.92 Å². The summed E-state index contributed by atoms with van der Waals surface area (Å²) in [5, 5.41) is 18.6. The van der Waals surface area contributed by atoms with Gasteiger partial charge in [-0.1, -0.05) is 13.8 Å². The molecule has 0 heterocycles. The normalized spacial score (nSPS) is 52.4. The molecule has 0 saturated heterocycles. The van der Waals surface area contributed by atoms with E-state index >= 15 is 0 Å². The SMILES string of the molecule is C[C@H](O)[C@H]1CC[C@H]2[C@@H]3CCC4C(=N)C(=O)CC[C@]4(C)[C@H]3CC[C@]12C. The molecule has 24 heavy (non-hydrogen) atoms. The summed E-state index contributed by atoms with van der Waals surface area (Å²) in [5.74, 6) is 2.93. The van der Waals surface area contributed by atoms with Crippen LogP contribution in [0, 0.1) is 45.8 Å². The molecular formula is C21H33NO2. The summed E-state index contributed by atoms with van der Waals surface area (Å²) in [6, 6.07) is 0. The van der Waals surface area contributed by atoms with Gasteiger partial charge in [0.2, 0.25) is 0 Å². The van der Waals surface area contributed by atoms with Crippen LogP contribution in [0.15, 0.2) is 0 Å². The van der Waals surface area contributed by atoms with Crippen LogP contribution >= 0.6 is 0 Å². The summed E-state index contributed by atoms with van der Waals surface area (Å²) >= 11 is 0. The molecule has 1 unspecified atom stereocenters. The highest BCUT2D eigenvalue weighted by molar-refractivity contribution is 6.40. The number of ketones is 1. The maximum atomic E-state index is 12.1. The molecule has 4 aliphatic rings. The lowest BCUT2D eigenvalue weighted by atomic mass is 9.44. The topological polar surface area (TPSA) is 61.1 Å². The zero-order valence-corrected chi connectivity index (χ0v) is 15.5. The van der Waals surface area contributed by atoms with Gasteiger partial charge < -0.3 is 10.5 Å². The summed E-state index contributed by atoms with van der Waals surface area (Å²) < 4.78 is 0. The van der Waals surface area contributed by atoms with Crippen molar-refractivity contribution in [3.05, 3.63) is 0 Å². The Hall–Kier alpha value is -0.700. The summed E-state index contributed by atoms with van der Waals surface area (Å²) in [6.07, 6.45) is 8.51. The van der Waals surface area contributed by atoms with E-state index in [0.29, 0.717) is 29.4 Å². The third-order valence-electron chi connectivity index (χ3n) is 9.06. The maximum Gasteiger partial charge on any atom is 0.176 e. The Balaban J connectivity index is 1.64. The first-order chi connectivity index (χ1) is 11.3. The number of aliphatic hydroxyl groups excluding tert-OH is 1. The van der Waals surface area contributed by atoms with E-state index in [2.05, 4.69) is 13.8 Å². The van der Waals surface area contributed by atoms with E-state index in [-0.39, 0.29) is 23.2 Å². The van der Waals surface area contributed by atoms with E-state index in [0.717, 1.165) is 24.7 Å². The van der Waals surface area contributed by atoms with Crippen LogP contribution in [0.4, 0.5) is 0 Å². The monoisotopic (exact) mass is 331 g/mol. The molecular weight excluding hydrogens is 298 g/mol. The molecule has 4 saturated carbocycles. The van der Waals surface area contributed by atoms with Crippen LogP contribution in [0.1, 0.15) is 72.1 Å². The van der Waals surface area contributed by atoms with Crippen molar-refractivity contribution in [3.63, 3.8) is 0 Å². The number of rotatable bonds is 1. The zero-order chi connectivity index (χ0) is 17.3. The predicted octanol–water partition coefficient (Wildman–Crippen LogP) is 4.22. The lowest BCUT2D eigenvalue weighted by Gasteiger charge is -2.60. The second-order valence-corrected chi connectivity index (χ2v) is 9.82. The number of carbonyl (C=O) groups excluding carboxylic acids is 1. The standard InChI is InChI=1S/C21H33NO2/c1-12(23)14-6-7-15-13-4-5-17-19(22)18(24)9-11-21(17,3)16(13)8-10-20(14,15)2/h12-17,22-23H,4-11H2,1-3H3/t12-,13-,14+,15-,16-,17?,20+,21+/m0/s1. The highest BCUT2D eigenvalue weighted by Gasteiger charge is 2.61. The molecule has 0 spiro atoms. The molecule has 0 amide bonds. The fourth-order valence-corrected chi connectivity index (χ4v) is 7.83. The first-order valence-electron chi connectivity index (χ1n) is 10.1. The molecule has 0 radical (unpaired) electrons. The number of carbonyl (C=O) groups is 1. The fraction of sp³-hybridized carbons (Fsp3) is 0.905. The molecule has 4 fully saturated rings. The maximum absolute atomic E-state index is 12.1. The van der Waals surface area contributed by atoms with Gasteiger partial charge in [-0.05, 0) is 86.4 Å². The quantitative estimate of drug-likeness (QED) is 0.755. The van der Waals surface area contributed by atoms with Crippen molar-refractivity contribution in [2.45, 2.75) is 78.2 Å². The van der Waals surface area contributed by atoms with Gasteiger partial charge in [-0.3, -0.25) is 4.79 Å². The lowest BCUT2D eigenvalue weighted by Crippen LogP contribution is -2.56. The van der Waals surface area contributed by atoms with Gasteiger partial charge in [0.15, 0.2) is 5.78 Å². The van der Waals surface area contributed by atoms with Gasteiger partial charge in [-0.2, -0.15) is 0 Å². The van der Waals surface area contributed by atoms with Crippen molar-refractivity contribution in [2.75, 3.05) is 0 Å². The molecule has 134 valence electrons. The van der Waals surface area contributed by atoms with Gasteiger partial charge in [0.25, 0.3) is 0 Å². The largest absolute Gasteiger partial charge is 0.393 e. The Morgan fingerprint density at radius 3 is 2.46 bits per heavy atom. The average Bonchev–Trinajstić information content (AvgIpc) is 2.89. The summed E-state index contributed by atoms with van der Waals surface area (Å²) in [6.45, 7) is 6.81. The molecule has 0 bridgehead atoms. The Morgan fingerprint density at radius 1 is 1.04 bits per heavy atom. The molecule has 0 aromatic rings. The van der Waals surface area contributed by atoms with E-state index in [1.165, 1.54) is 32.1 Å². The minimum absolute atomic E-state index is 0.103. The molecule has 3 nitrogen and oxygen atoms in total. The number of fused-ring (bicyclic) bond motifs is 5. The minimum atomic E-state index is -0.191. The van der Waals surface area contributed by atoms with Crippen LogP contribution in [0.5, 0.6) is 0 Å². The Morgan fingerprint density at radius 2 is 1.75 bits per heavy atom. The van der Waals surface area contributed by atoms with Crippen molar-refractivity contribution in [1.29, 1.82) is 5.41 Å². The van der Waals surface area contributed by atoms with Gasteiger partial charge in [-0.15, -0.1) is 0 Å². The predicted molar refractivity (Wildman–Crippen MR) is 95.0 cm³/mol. The van der Waals surface area contributed by atoms with E-state index in [9.17, 15) is 9.90 Å². The van der Waals surface area contributed by atoms with E-state index in [1.54, 1.807) is 0 Å². The van der Waals surface area contributed by atoms with Crippen molar-refractivity contribution < 1.29 is 9.90 Å². The van der Waals surface area contributed by atoms with Gasteiger partial charge in [0.05, 0.1) is 11.8 Å². The molecule has 4 rings (SSSR count). The van der Waals surface area contributed by atoms with Crippen LogP contribution in [-0.4, -0.2) is 22.7 Å². The fourth-order valence-electron chi connectivity index (χ4n) is 7.83. The Bertz CT molecular complexity index is 570. The Kier molecular flexibility index (Phi) is 3.77. The molecule has 0 aromatic carbocycles. The summed E-state index contributed by atoms with van der Waals surface area (Å²) in [4.78, 5) is 12.1. The molecule has 0 aliphatic heterocycles. The minimum Gasteiger partial charge on any atom is -0.393 e. The smallest absolute Gasteiger partial charge is 0.176 e. The van der Waals surface area contributed by atoms with Gasteiger partial charge in [0.1, 0.15) is 0 Å². The van der Waals surface area contributed by atoms with Crippen LogP contribution in [0.25, 0.3) is 0 Å². The van der Waals surface area contributed by atoms with Crippen LogP contribution in [0.3, 0.4) is 0 Å². The number of hydrogen-bond acceptors (Lipinski definition) is 3. The van der Waals surface area contributed by atoms with Crippen molar-refractivity contribution in [3.8, 4) is 0 Å². The van der Waals surface area contributed by atoms with E-state index in [4.69, 9.17) is 5.41 Å². The van der Waals surface area contributed by atoms with Crippen LogP contribution in [0.2, 0.25) is 0 Å². The zero-order valence-electron chi connectivity index (χ0n) is 15.5. The Labute approximate surface area is 146 Å². The highest BCUT2D eigenvalue weighted by Crippen LogP contribution is 2.67. The lowest BCUT2D eigenvalue weighted by molar-refractivity contribution is -0.124. The third-order valence-corrected chi connectivity index (χ3v) is 9.06.